The average Bonchev–Trinajstić information content (AvgIpc) is 3.49. The van der Waals surface area contributed by atoms with Crippen LogP contribution in [0.5, 0.6) is 5.75 Å². The highest BCUT2D eigenvalue weighted by molar-refractivity contribution is 6.36. The molecule has 0 aliphatic rings. The molecule has 5 rings (SSSR count). The monoisotopic (exact) mass is 435 g/mol. The number of anilines is 2. The first-order valence-corrected chi connectivity index (χ1v) is 10.2. The number of hydrogen-bond acceptors (Lipinski definition) is 6. The van der Waals surface area contributed by atoms with E-state index in [0.29, 0.717) is 40.4 Å². The number of nitrogens with zero attached hydrogens (tertiary/aromatic N) is 3. The zero-order chi connectivity index (χ0) is 22.8. The molecule has 5 aromatic rings. The first-order chi connectivity index (χ1) is 16.1. The Labute approximate surface area is 190 Å². The van der Waals surface area contributed by atoms with Gasteiger partial charge in [0.15, 0.2) is 11.4 Å². The lowest BCUT2D eigenvalue weighted by Crippen LogP contribution is -2.11. The predicted molar refractivity (Wildman–Crippen MR) is 126 cm³/mol. The minimum atomic E-state index is -0.307. The molecule has 0 saturated heterocycles. The lowest BCUT2D eigenvalue weighted by Gasteiger charge is -2.12. The molecule has 1 amide bonds. The van der Waals surface area contributed by atoms with E-state index in [4.69, 9.17) is 12.3 Å². The van der Waals surface area contributed by atoms with Crippen LogP contribution in [0.4, 0.5) is 11.5 Å². The number of phenolic OH excluding ortho intramolecular Hbond substituents is 1. The van der Waals surface area contributed by atoms with E-state index in [9.17, 15) is 9.90 Å². The van der Waals surface area contributed by atoms with E-state index in [1.54, 1.807) is 41.0 Å². The molecular formula is C24H18BN5O3. The minimum absolute atomic E-state index is 0.130. The van der Waals surface area contributed by atoms with E-state index in [1.165, 1.54) is 6.26 Å². The van der Waals surface area contributed by atoms with Crippen molar-refractivity contribution >= 4 is 36.4 Å². The minimum Gasteiger partial charge on any atom is -0.507 e. The van der Waals surface area contributed by atoms with Crippen LogP contribution in [0.25, 0.3) is 16.9 Å². The summed E-state index contributed by atoms with van der Waals surface area (Å²) in [5.41, 5.74) is 3.75. The summed E-state index contributed by atoms with van der Waals surface area (Å²) in [6.07, 6.45) is 3.00. The van der Waals surface area contributed by atoms with Crippen LogP contribution in [-0.2, 0) is 6.54 Å². The fraction of sp³-hybridized carbons (Fsp3) is 0.0417. The molecule has 3 N–H and O–H groups in total. The number of hydrogen-bond donors (Lipinski definition) is 3. The van der Waals surface area contributed by atoms with E-state index < -0.39 is 0 Å². The molecule has 0 aliphatic heterocycles. The topological polar surface area (TPSA) is 105 Å². The van der Waals surface area contributed by atoms with Crippen molar-refractivity contribution in [1.29, 1.82) is 0 Å². The van der Waals surface area contributed by atoms with Crippen molar-refractivity contribution < 1.29 is 14.3 Å². The van der Waals surface area contributed by atoms with Gasteiger partial charge in [-0.15, -0.1) is 0 Å². The van der Waals surface area contributed by atoms with Crippen molar-refractivity contribution in [2.45, 2.75) is 6.54 Å². The lowest BCUT2D eigenvalue weighted by molar-refractivity contribution is 0.0996. The SMILES string of the molecule is [B]c1cnn2c(NCc3ccc(NC(=O)c4ccco4)cc3)cc(-c3ccccc3O)nc12. The zero-order valence-electron chi connectivity index (χ0n) is 17.4. The maximum Gasteiger partial charge on any atom is 0.291 e. The second kappa shape index (κ2) is 8.54. The van der Waals surface area contributed by atoms with Gasteiger partial charge in [0, 0.05) is 30.1 Å². The molecule has 33 heavy (non-hydrogen) atoms. The van der Waals surface area contributed by atoms with Gasteiger partial charge in [-0.2, -0.15) is 9.61 Å². The van der Waals surface area contributed by atoms with E-state index in [1.807, 2.05) is 36.4 Å². The number of aromatic nitrogens is 3. The van der Waals surface area contributed by atoms with Crippen LogP contribution in [0.3, 0.4) is 0 Å². The highest BCUT2D eigenvalue weighted by Crippen LogP contribution is 2.29. The number of rotatable bonds is 6. The van der Waals surface area contributed by atoms with Crippen LogP contribution < -0.4 is 16.1 Å². The molecule has 3 aromatic heterocycles. The van der Waals surface area contributed by atoms with Gasteiger partial charge < -0.3 is 20.2 Å². The molecule has 0 fully saturated rings. The number of fused-ring (bicyclic) bond motifs is 1. The van der Waals surface area contributed by atoms with Crippen LogP contribution in [0.1, 0.15) is 16.1 Å². The molecular weight excluding hydrogens is 417 g/mol. The maximum absolute atomic E-state index is 12.1. The molecule has 0 atom stereocenters. The van der Waals surface area contributed by atoms with Gasteiger partial charge in [-0.3, -0.25) is 4.79 Å². The molecule has 8 nitrogen and oxygen atoms in total. The van der Waals surface area contributed by atoms with E-state index in [0.717, 1.165) is 5.56 Å². The summed E-state index contributed by atoms with van der Waals surface area (Å²) in [5.74, 6) is 0.745. The second-order valence-corrected chi connectivity index (χ2v) is 7.36. The molecule has 2 radical (unpaired) electrons. The van der Waals surface area contributed by atoms with Crippen molar-refractivity contribution in [3.8, 4) is 17.0 Å². The van der Waals surface area contributed by atoms with Crippen molar-refractivity contribution in [3.63, 3.8) is 0 Å². The molecule has 0 unspecified atom stereocenters. The molecule has 0 saturated carbocycles. The number of nitrogens with one attached hydrogen (secondary N) is 2. The number of carbonyl (C=O) groups is 1. The van der Waals surface area contributed by atoms with Gasteiger partial charge in [0.05, 0.1) is 12.0 Å². The van der Waals surface area contributed by atoms with Crippen LogP contribution in [0, 0.1) is 0 Å². The Morgan fingerprint density at radius 2 is 1.91 bits per heavy atom. The summed E-state index contributed by atoms with van der Waals surface area (Å²) in [7, 11) is 6.05. The number of aromatic hydroxyl groups is 1. The first kappa shape index (κ1) is 20.4. The molecule has 2 aromatic carbocycles. The van der Waals surface area contributed by atoms with Crippen molar-refractivity contribution in [1.82, 2.24) is 14.6 Å². The van der Waals surface area contributed by atoms with Crippen molar-refractivity contribution in [2.24, 2.45) is 0 Å². The maximum atomic E-state index is 12.1. The summed E-state index contributed by atoms with van der Waals surface area (Å²) in [6.45, 7) is 0.492. The Bertz CT molecular complexity index is 1430. The van der Waals surface area contributed by atoms with Gasteiger partial charge >= 0.3 is 0 Å². The Morgan fingerprint density at radius 1 is 1.09 bits per heavy atom. The molecule has 0 aliphatic carbocycles. The molecule has 9 heteroatoms. The third-order valence-corrected chi connectivity index (χ3v) is 5.11. The fourth-order valence-corrected chi connectivity index (χ4v) is 3.43. The lowest BCUT2D eigenvalue weighted by atomic mass is 10.0. The first-order valence-electron chi connectivity index (χ1n) is 10.2. The number of carbonyl (C=O) groups excluding carboxylic acids is 1. The summed E-state index contributed by atoms with van der Waals surface area (Å²) < 4.78 is 6.73. The van der Waals surface area contributed by atoms with Crippen LogP contribution >= 0.6 is 0 Å². The smallest absolute Gasteiger partial charge is 0.291 e. The highest BCUT2D eigenvalue weighted by atomic mass is 16.3. The fourth-order valence-electron chi connectivity index (χ4n) is 3.43. The summed E-state index contributed by atoms with van der Waals surface area (Å²) in [4.78, 5) is 16.7. The quantitative estimate of drug-likeness (QED) is 0.354. The third-order valence-electron chi connectivity index (χ3n) is 5.11. The second-order valence-electron chi connectivity index (χ2n) is 7.36. The standard InChI is InChI=1S/C24H18BN5O3/c25-18-14-27-30-22(12-19(29-23(18)30)17-4-1-2-5-20(17)31)26-13-15-7-9-16(10-8-15)28-24(32)21-6-3-11-33-21/h1-12,14,26,31H,13H2,(H,28,32). The molecule has 160 valence electrons. The van der Waals surface area contributed by atoms with Gasteiger partial charge in [0.2, 0.25) is 0 Å². The van der Waals surface area contributed by atoms with E-state index >= 15 is 0 Å². The molecule has 0 bridgehead atoms. The summed E-state index contributed by atoms with van der Waals surface area (Å²) >= 11 is 0. The zero-order valence-corrected chi connectivity index (χ0v) is 17.4. The van der Waals surface area contributed by atoms with Gasteiger partial charge in [-0.1, -0.05) is 24.3 Å². The number of benzene rings is 2. The Balaban J connectivity index is 1.36. The average molecular weight is 435 g/mol. The Morgan fingerprint density at radius 3 is 2.67 bits per heavy atom. The van der Waals surface area contributed by atoms with Crippen molar-refractivity contribution in [2.75, 3.05) is 10.6 Å². The van der Waals surface area contributed by atoms with Crippen molar-refractivity contribution in [3.05, 3.63) is 90.5 Å². The molecule has 3 heterocycles. The Kier molecular flexibility index (Phi) is 5.28. The van der Waals surface area contributed by atoms with Gasteiger partial charge in [-0.05, 0) is 47.4 Å². The highest BCUT2D eigenvalue weighted by Gasteiger charge is 2.13. The van der Waals surface area contributed by atoms with Crippen LogP contribution in [-0.4, -0.2) is 33.5 Å². The van der Waals surface area contributed by atoms with Crippen LogP contribution in [0.15, 0.2) is 83.6 Å². The van der Waals surface area contributed by atoms with Gasteiger partial charge in [0.1, 0.15) is 19.4 Å². The number of amides is 1. The summed E-state index contributed by atoms with van der Waals surface area (Å²) in [6, 6.07) is 19.5. The van der Waals surface area contributed by atoms with Gasteiger partial charge in [-0.25, -0.2) is 4.98 Å². The number of phenols is 1. The predicted octanol–water partition coefficient (Wildman–Crippen LogP) is 3.35. The largest absolute Gasteiger partial charge is 0.507 e. The molecule has 0 spiro atoms. The van der Waals surface area contributed by atoms with E-state index in [-0.39, 0.29) is 17.4 Å². The van der Waals surface area contributed by atoms with E-state index in [2.05, 4.69) is 20.7 Å². The summed E-state index contributed by atoms with van der Waals surface area (Å²) in [5, 5.41) is 20.7. The third kappa shape index (κ3) is 4.16. The number of furan rings is 1. The Hall–Kier alpha value is -4.53. The van der Waals surface area contributed by atoms with Crippen LogP contribution in [0.2, 0.25) is 0 Å². The van der Waals surface area contributed by atoms with Gasteiger partial charge in [0.25, 0.3) is 5.91 Å². The normalized spacial score (nSPS) is 10.9. The number of para-hydroxylation sites is 1.